The van der Waals surface area contributed by atoms with Crippen molar-refractivity contribution in [1.82, 2.24) is 0 Å². The third kappa shape index (κ3) is 3.05. The highest BCUT2D eigenvalue weighted by molar-refractivity contribution is 9.09. The van der Waals surface area contributed by atoms with Gasteiger partial charge in [0.05, 0.1) is 0 Å². The molecule has 0 aromatic heterocycles. The molecule has 2 atom stereocenters. The minimum Gasteiger partial charge on any atom is -0.207 e. The van der Waals surface area contributed by atoms with Gasteiger partial charge in [0, 0.05) is 23.2 Å². The van der Waals surface area contributed by atoms with Crippen LogP contribution < -0.4 is 0 Å². The molecule has 0 bridgehead atoms. The summed E-state index contributed by atoms with van der Waals surface area (Å²) >= 11 is 3.29. The predicted molar refractivity (Wildman–Crippen MR) is 65.1 cm³/mol. The van der Waals surface area contributed by atoms with E-state index in [0.717, 1.165) is 0 Å². The van der Waals surface area contributed by atoms with Crippen LogP contribution in [0.3, 0.4) is 0 Å². The Kier molecular flexibility index (Phi) is 3.99. The summed E-state index contributed by atoms with van der Waals surface area (Å²) < 4.78 is 53.0. The monoisotopic (exact) mass is 324 g/mol. The van der Waals surface area contributed by atoms with E-state index in [1.54, 1.807) is 0 Å². The van der Waals surface area contributed by atoms with E-state index in [1.807, 2.05) is 0 Å². The molecule has 1 aliphatic carbocycles. The Bertz CT molecular complexity index is 413. The lowest BCUT2D eigenvalue weighted by Gasteiger charge is -2.18. The Hall–Kier alpha value is -0.580. The van der Waals surface area contributed by atoms with E-state index in [-0.39, 0.29) is 35.6 Å². The van der Waals surface area contributed by atoms with E-state index in [4.69, 9.17) is 0 Å². The van der Waals surface area contributed by atoms with E-state index >= 15 is 0 Å². The number of benzene rings is 1. The van der Waals surface area contributed by atoms with Gasteiger partial charge in [0.25, 0.3) is 0 Å². The van der Waals surface area contributed by atoms with Crippen LogP contribution in [0.1, 0.15) is 24.8 Å². The number of halogens is 5. The SMILES string of the molecule is Fc1cccc(F)c1CC(Br)C1CCC(F)(F)C1. The summed E-state index contributed by atoms with van der Waals surface area (Å²) in [5.41, 5.74) is -0.0328. The van der Waals surface area contributed by atoms with E-state index < -0.39 is 17.6 Å². The topological polar surface area (TPSA) is 0 Å². The summed E-state index contributed by atoms with van der Waals surface area (Å²) in [7, 11) is 0. The minimum atomic E-state index is -2.63. The fraction of sp³-hybridized carbons (Fsp3) is 0.538. The van der Waals surface area contributed by atoms with Gasteiger partial charge in [0.1, 0.15) is 11.6 Å². The molecule has 0 heterocycles. The average Bonchev–Trinajstić information content (AvgIpc) is 2.64. The van der Waals surface area contributed by atoms with E-state index in [1.165, 1.54) is 18.2 Å². The molecule has 2 unspecified atom stereocenters. The average molecular weight is 325 g/mol. The number of rotatable bonds is 3. The molecule has 0 N–H and O–H groups in total. The zero-order chi connectivity index (χ0) is 13.3. The van der Waals surface area contributed by atoms with E-state index in [0.29, 0.717) is 6.42 Å². The highest BCUT2D eigenvalue weighted by Gasteiger charge is 2.42. The van der Waals surface area contributed by atoms with Gasteiger partial charge in [-0.3, -0.25) is 0 Å². The molecule has 0 radical (unpaired) electrons. The summed E-state index contributed by atoms with van der Waals surface area (Å²) in [6.45, 7) is 0. The van der Waals surface area contributed by atoms with Crippen LogP contribution in [0.2, 0.25) is 0 Å². The third-order valence-corrected chi connectivity index (χ3v) is 4.49. The molecule has 0 saturated heterocycles. The van der Waals surface area contributed by atoms with Crippen LogP contribution in [0, 0.1) is 17.6 Å². The number of hydrogen-bond donors (Lipinski definition) is 0. The predicted octanol–water partition coefficient (Wildman–Crippen LogP) is 4.71. The van der Waals surface area contributed by atoms with Crippen LogP contribution in [-0.2, 0) is 6.42 Å². The molecule has 2 rings (SSSR count). The summed E-state index contributed by atoms with van der Waals surface area (Å²) in [4.78, 5) is -0.322. The second-order valence-electron chi connectivity index (χ2n) is 4.78. The molecular weight excluding hydrogens is 312 g/mol. The zero-order valence-corrected chi connectivity index (χ0v) is 11.2. The Balaban J connectivity index is 2.06. The highest BCUT2D eigenvalue weighted by atomic mass is 79.9. The molecule has 0 nitrogen and oxygen atoms in total. The Morgan fingerprint density at radius 1 is 1.28 bits per heavy atom. The molecule has 5 heteroatoms. The van der Waals surface area contributed by atoms with Gasteiger partial charge in [-0.15, -0.1) is 0 Å². The maximum absolute atomic E-state index is 13.4. The van der Waals surface area contributed by atoms with Gasteiger partial charge in [-0.25, -0.2) is 17.6 Å². The molecule has 1 aromatic carbocycles. The normalized spacial score (nSPS) is 24.2. The van der Waals surface area contributed by atoms with Crippen molar-refractivity contribution in [3.63, 3.8) is 0 Å². The van der Waals surface area contributed by atoms with Crippen molar-refractivity contribution in [3.8, 4) is 0 Å². The van der Waals surface area contributed by atoms with Crippen molar-refractivity contribution in [2.75, 3.05) is 0 Å². The van der Waals surface area contributed by atoms with Crippen LogP contribution in [0.15, 0.2) is 18.2 Å². The van der Waals surface area contributed by atoms with Gasteiger partial charge in [-0.05, 0) is 30.9 Å². The smallest absolute Gasteiger partial charge is 0.207 e. The van der Waals surface area contributed by atoms with Crippen LogP contribution in [0.4, 0.5) is 17.6 Å². The molecule has 100 valence electrons. The van der Waals surface area contributed by atoms with Crippen molar-refractivity contribution in [2.45, 2.75) is 36.4 Å². The molecule has 1 aliphatic rings. The molecule has 1 saturated carbocycles. The molecule has 0 spiro atoms. The summed E-state index contributed by atoms with van der Waals surface area (Å²) in [6.07, 6.45) is 0.136. The Morgan fingerprint density at radius 3 is 2.39 bits per heavy atom. The van der Waals surface area contributed by atoms with Crippen molar-refractivity contribution < 1.29 is 17.6 Å². The molecule has 1 aromatic rings. The maximum atomic E-state index is 13.4. The zero-order valence-electron chi connectivity index (χ0n) is 9.61. The summed E-state index contributed by atoms with van der Waals surface area (Å²) in [5, 5.41) is 0. The highest BCUT2D eigenvalue weighted by Crippen LogP contribution is 2.43. The fourth-order valence-electron chi connectivity index (χ4n) is 2.38. The number of hydrogen-bond acceptors (Lipinski definition) is 0. The second kappa shape index (κ2) is 5.19. The first-order chi connectivity index (χ1) is 8.39. The Labute approximate surface area is 112 Å². The van der Waals surface area contributed by atoms with Gasteiger partial charge in [0.2, 0.25) is 5.92 Å². The van der Waals surface area contributed by atoms with Gasteiger partial charge in [0.15, 0.2) is 0 Å². The lowest BCUT2D eigenvalue weighted by atomic mass is 9.97. The minimum absolute atomic E-state index is 0.0328. The van der Waals surface area contributed by atoms with Crippen LogP contribution in [0.25, 0.3) is 0 Å². The quantitative estimate of drug-likeness (QED) is 0.558. The summed E-state index contributed by atoms with van der Waals surface area (Å²) in [6, 6.07) is 3.66. The second-order valence-corrected chi connectivity index (χ2v) is 5.96. The lowest BCUT2D eigenvalue weighted by molar-refractivity contribution is 0.00503. The van der Waals surface area contributed by atoms with Crippen LogP contribution in [0.5, 0.6) is 0 Å². The van der Waals surface area contributed by atoms with Crippen molar-refractivity contribution in [1.29, 1.82) is 0 Å². The van der Waals surface area contributed by atoms with Gasteiger partial charge >= 0.3 is 0 Å². The van der Waals surface area contributed by atoms with E-state index in [2.05, 4.69) is 15.9 Å². The third-order valence-electron chi connectivity index (χ3n) is 3.41. The van der Waals surface area contributed by atoms with Crippen molar-refractivity contribution in [3.05, 3.63) is 35.4 Å². The first-order valence-electron chi connectivity index (χ1n) is 5.84. The van der Waals surface area contributed by atoms with Crippen molar-refractivity contribution in [2.24, 2.45) is 5.92 Å². The first-order valence-corrected chi connectivity index (χ1v) is 6.75. The largest absolute Gasteiger partial charge is 0.248 e. The first kappa shape index (κ1) is 13.8. The van der Waals surface area contributed by atoms with Gasteiger partial charge in [-0.2, -0.15) is 0 Å². The van der Waals surface area contributed by atoms with Crippen LogP contribution >= 0.6 is 15.9 Å². The molecule has 0 aliphatic heterocycles. The fourth-order valence-corrected chi connectivity index (χ4v) is 3.16. The standard InChI is InChI=1S/C13H13BrF4/c14-10(8-4-5-13(17,18)7-8)6-9-11(15)2-1-3-12(9)16/h1-3,8,10H,4-7H2. The Morgan fingerprint density at radius 2 is 1.89 bits per heavy atom. The van der Waals surface area contributed by atoms with Crippen molar-refractivity contribution >= 4 is 15.9 Å². The molecule has 18 heavy (non-hydrogen) atoms. The molecule has 0 amide bonds. The maximum Gasteiger partial charge on any atom is 0.248 e. The lowest BCUT2D eigenvalue weighted by Crippen LogP contribution is -2.18. The number of alkyl halides is 3. The summed E-state index contributed by atoms with van der Waals surface area (Å²) in [5.74, 6) is -4.11. The molecule has 1 fully saturated rings. The van der Waals surface area contributed by atoms with E-state index in [9.17, 15) is 17.6 Å². The van der Waals surface area contributed by atoms with Gasteiger partial charge < -0.3 is 0 Å². The van der Waals surface area contributed by atoms with Crippen LogP contribution in [-0.4, -0.2) is 10.7 Å². The van der Waals surface area contributed by atoms with Gasteiger partial charge in [-0.1, -0.05) is 22.0 Å². The molecular formula is C13H13BrF4.